The Labute approximate surface area is 128 Å². The van der Waals surface area contributed by atoms with Crippen LogP contribution in [0.5, 0.6) is 0 Å². The molecular formula is C18H30N2O. The third-order valence-electron chi connectivity index (χ3n) is 7.30. The normalized spacial score (nSPS) is 46.2. The average molecular weight is 290 g/mol. The maximum Gasteiger partial charge on any atom is 0.225 e. The summed E-state index contributed by atoms with van der Waals surface area (Å²) >= 11 is 0. The number of amides is 1. The van der Waals surface area contributed by atoms with Gasteiger partial charge in [0.15, 0.2) is 0 Å². The summed E-state index contributed by atoms with van der Waals surface area (Å²) in [5.41, 5.74) is 6.98. The Bertz CT molecular complexity index is 413. The lowest BCUT2D eigenvalue weighted by molar-refractivity contribution is -0.140. The van der Waals surface area contributed by atoms with Crippen LogP contribution in [0.2, 0.25) is 0 Å². The monoisotopic (exact) mass is 290 g/mol. The van der Waals surface area contributed by atoms with E-state index >= 15 is 0 Å². The Morgan fingerprint density at radius 3 is 2.57 bits per heavy atom. The summed E-state index contributed by atoms with van der Waals surface area (Å²) < 4.78 is 0. The first kappa shape index (κ1) is 14.0. The number of carbonyl (C=O) groups is 1. The molecule has 0 radical (unpaired) electrons. The quantitative estimate of drug-likeness (QED) is 0.807. The van der Waals surface area contributed by atoms with Crippen LogP contribution in [-0.2, 0) is 4.79 Å². The molecule has 4 rings (SSSR count). The molecule has 3 nitrogen and oxygen atoms in total. The van der Waals surface area contributed by atoms with Crippen molar-refractivity contribution in [3.63, 3.8) is 0 Å². The third kappa shape index (κ3) is 2.15. The van der Waals surface area contributed by atoms with E-state index in [1.807, 2.05) is 0 Å². The fourth-order valence-corrected chi connectivity index (χ4v) is 6.20. The lowest BCUT2D eigenvalue weighted by Gasteiger charge is -2.48. The van der Waals surface area contributed by atoms with E-state index in [4.69, 9.17) is 5.73 Å². The first-order valence-corrected chi connectivity index (χ1v) is 9.25. The molecule has 0 aromatic carbocycles. The lowest BCUT2D eigenvalue weighted by Crippen LogP contribution is -2.51. The van der Waals surface area contributed by atoms with Gasteiger partial charge >= 0.3 is 0 Å². The molecule has 0 unspecified atom stereocenters. The van der Waals surface area contributed by atoms with Gasteiger partial charge in [-0.05, 0) is 75.0 Å². The van der Waals surface area contributed by atoms with Gasteiger partial charge in [0.25, 0.3) is 0 Å². The minimum Gasteiger partial charge on any atom is -0.342 e. The van der Waals surface area contributed by atoms with Gasteiger partial charge in [0.1, 0.15) is 0 Å². The Balaban J connectivity index is 1.49. The Morgan fingerprint density at radius 2 is 1.86 bits per heavy atom. The average Bonchev–Trinajstić information content (AvgIpc) is 3.11. The number of carbonyl (C=O) groups excluding carboxylic acids is 1. The van der Waals surface area contributed by atoms with E-state index in [0.29, 0.717) is 17.4 Å². The molecule has 2 N–H and O–H groups in total. The summed E-state index contributed by atoms with van der Waals surface area (Å²) in [5.74, 6) is 2.33. The molecule has 118 valence electrons. The number of hydrogen-bond acceptors (Lipinski definition) is 2. The molecule has 3 saturated carbocycles. The SMILES string of the molecule is N[C@@H]1[C@@H]2CC[C@@H](C2)[C@]12CCC[C@H](C(=O)N1CCCCC1)C2. The van der Waals surface area contributed by atoms with Crippen LogP contribution in [-0.4, -0.2) is 29.9 Å². The lowest BCUT2D eigenvalue weighted by atomic mass is 9.59. The van der Waals surface area contributed by atoms with Gasteiger partial charge in [0.05, 0.1) is 0 Å². The van der Waals surface area contributed by atoms with Gasteiger partial charge in [0.2, 0.25) is 5.91 Å². The fourth-order valence-electron chi connectivity index (χ4n) is 6.20. The second kappa shape index (κ2) is 5.26. The highest BCUT2D eigenvalue weighted by molar-refractivity contribution is 5.79. The van der Waals surface area contributed by atoms with Crippen LogP contribution in [0.3, 0.4) is 0 Å². The number of nitrogens with two attached hydrogens (primary N) is 1. The van der Waals surface area contributed by atoms with Crippen molar-refractivity contribution >= 4 is 5.91 Å². The van der Waals surface area contributed by atoms with Crippen LogP contribution in [0, 0.1) is 23.2 Å². The van der Waals surface area contributed by atoms with Crippen LogP contribution >= 0.6 is 0 Å². The van der Waals surface area contributed by atoms with Crippen molar-refractivity contribution in [1.29, 1.82) is 0 Å². The molecule has 21 heavy (non-hydrogen) atoms. The van der Waals surface area contributed by atoms with Crippen molar-refractivity contribution < 1.29 is 4.79 Å². The molecule has 3 aliphatic carbocycles. The van der Waals surface area contributed by atoms with E-state index in [2.05, 4.69) is 4.90 Å². The number of nitrogens with zero attached hydrogens (tertiary/aromatic N) is 1. The van der Waals surface area contributed by atoms with Gasteiger partial charge < -0.3 is 10.6 Å². The predicted molar refractivity (Wildman–Crippen MR) is 83.6 cm³/mol. The largest absolute Gasteiger partial charge is 0.342 e. The van der Waals surface area contributed by atoms with Crippen molar-refractivity contribution in [1.82, 2.24) is 4.90 Å². The minimum absolute atomic E-state index is 0.280. The smallest absolute Gasteiger partial charge is 0.225 e. The van der Waals surface area contributed by atoms with Crippen LogP contribution < -0.4 is 5.73 Å². The standard InChI is InChI=1S/C18H30N2O/c19-16-13-6-7-15(11-13)18(16)8-4-5-14(12-18)17(21)20-9-2-1-3-10-20/h13-16H,1-12,19H2/t13-,14+,15+,16-,18-/m1/s1. The van der Waals surface area contributed by atoms with Gasteiger partial charge in [-0.15, -0.1) is 0 Å². The molecule has 4 fully saturated rings. The zero-order chi connectivity index (χ0) is 14.4. The molecule has 1 heterocycles. The molecule has 0 aromatic rings. The van der Waals surface area contributed by atoms with E-state index in [0.717, 1.165) is 37.8 Å². The summed E-state index contributed by atoms with van der Waals surface area (Å²) in [4.78, 5) is 15.0. The van der Waals surface area contributed by atoms with Crippen molar-refractivity contribution in [3.05, 3.63) is 0 Å². The second-order valence-corrected chi connectivity index (χ2v) is 8.21. The molecule has 5 atom stereocenters. The Kier molecular flexibility index (Phi) is 3.52. The van der Waals surface area contributed by atoms with Crippen molar-refractivity contribution in [2.45, 2.75) is 70.3 Å². The first-order valence-electron chi connectivity index (χ1n) is 9.25. The number of hydrogen-bond donors (Lipinski definition) is 1. The molecule has 4 aliphatic rings. The number of rotatable bonds is 1. The maximum absolute atomic E-state index is 12.9. The molecular weight excluding hydrogens is 260 g/mol. The zero-order valence-corrected chi connectivity index (χ0v) is 13.2. The molecule has 0 aromatic heterocycles. The summed E-state index contributed by atoms with van der Waals surface area (Å²) in [7, 11) is 0. The van der Waals surface area contributed by atoms with Crippen LogP contribution in [0.15, 0.2) is 0 Å². The van der Waals surface area contributed by atoms with E-state index < -0.39 is 0 Å². The second-order valence-electron chi connectivity index (χ2n) is 8.21. The topological polar surface area (TPSA) is 46.3 Å². The van der Waals surface area contributed by atoms with Crippen LogP contribution in [0.25, 0.3) is 0 Å². The molecule has 2 bridgehead atoms. The first-order chi connectivity index (χ1) is 10.2. The van der Waals surface area contributed by atoms with E-state index in [1.165, 1.54) is 51.4 Å². The molecule has 1 amide bonds. The fraction of sp³-hybridized carbons (Fsp3) is 0.944. The predicted octanol–water partition coefficient (Wildman–Crippen LogP) is 2.93. The highest BCUT2D eigenvalue weighted by Gasteiger charge is 2.58. The molecule has 1 aliphatic heterocycles. The van der Waals surface area contributed by atoms with Crippen LogP contribution in [0.4, 0.5) is 0 Å². The number of fused-ring (bicyclic) bond motifs is 3. The van der Waals surface area contributed by atoms with Gasteiger partial charge in [0, 0.05) is 25.0 Å². The highest BCUT2D eigenvalue weighted by atomic mass is 16.2. The highest BCUT2D eigenvalue weighted by Crippen LogP contribution is 2.61. The van der Waals surface area contributed by atoms with Crippen molar-refractivity contribution in [2.75, 3.05) is 13.1 Å². The van der Waals surface area contributed by atoms with Crippen molar-refractivity contribution in [2.24, 2.45) is 28.9 Å². The van der Waals surface area contributed by atoms with Crippen molar-refractivity contribution in [3.8, 4) is 0 Å². The zero-order valence-electron chi connectivity index (χ0n) is 13.2. The van der Waals surface area contributed by atoms with Gasteiger partial charge in [-0.25, -0.2) is 0 Å². The molecule has 1 spiro atoms. The summed E-state index contributed by atoms with van der Waals surface area (Å²) in [6, 6.07) is 0.383. The number of likely N-dealkylation sites (tertiary alicyclic amines) is 1. The summed E-state index contributed by atoms with van der Waals surface area (Å²) in [6.07, 6.45) is 12.5. The number of piperidine rings is 1. The van der Waals surface area contributed by atoms with E-state index in [-0.39, 0.29) is 5.92 Å². The van der Waals surface area contributed by atoms with E-state index in [1.54, 1.807) is 0 Å². The van der Waals surface area contributed by atoms with Gasteiger partial charge in [-0.2, -0.15) is 0 Å². The molecule has 1 saturated heterocycles. The molecule has 3 heteroatoms. The minimum atomic E-state index is 0.280. The van der Waals surface area contributed by atoms with E-state index in [9.17, 15) is 4.79 Å². The van der Waals surface area contributed by atoms with Crippen LogP contribution in [0.1, 0.15) is 64.2 Å². The summed E-state index contributed by atoms with van der Waals surface area (Å²) in [5, 5.41) is 0. The summed E-state index contributed by atoms with van der Waals surface area (Å²) in [6.45, 7) is 2.00. The van der Waals surface area contributed by atoms with Gasteiger partial charge in [-0.1, -0.05) is 6.42 Å². The Morgan fingerprint density at radius 1 is 1.05 bits per heavy atom. The van der Waals surface area contributed by atoms with Gasteiger partial charge in [-0.3, -0.25) is 4.79 Å². The maximum atomic E-state index is 12.9. The Hall–Kier alpha value is -0.570. The third-order valence-corrected chi connectivity index (χ3v) is 7.30.